The summed E-state index contributed by atoms with van der Waals surface area (Å²) >= 11 is 0. The lowest BCUT2D eigenvalue weighted by Gasteiger charge is -2.31. The summed E-state index contributed by atoms with van der Waals surface area (Å²) in [5, 5.41) is 17.7. The van der Waals surface area contributed by atoms with E-state index in [1.54, 1.807) is 0 Å². The zero-order valence-corrected chi connectivity index (χ0v) is 10.5. The van der Waals surface area contributed by atoms with Gasteiger partial charge in [-0.3, -0.25) is 0 Å². The van der Waals surface area contributed by atoms with E-state index in [2.05, 4.69) is 4.72 Å². The summed E-state index contributed by atoms with van der Waals surface area (Å²) in [7, 11) is -4.05. The predicted octanol–water partition coefficient (Wildman–Crippen LogP) is 0.325. The van der Waals surface area contributed by atoms with Gasteiger partial charge in [0, 0.05) is 6.04 Å². The van der Waals surface area contributed by atoms with E-state index >= 15 is 0 Å². The van der Waals surface area contributed by atoms with Crippen LogP contribution in [0.3, 0.4) is 0 Å². The third-order valence-electron chi connectivity index (χ3n) is 2.90. The third kappa shape index (κ3) is 2.91. The molecule has 1 aromatic carbocycles. The molecule has 19 heavy (non-hydrogen) atoms. The highest BCUT2D eigenvalue weighted by Crippen LogP contribution is 2.23. The van der Waals surface area contributed by atoms with Crippen LogP contribution in [-0.4, -0.2) is 36.7 Å². The first kappa shape index (κ1) is 13.9. The molecule has 0 saturated heterocycles. The molecule has 1 saturated carbocycles. The van der Waals surface area contributed by atoms with Crippen LogP contribution in [-0.2, 0) is 10.0 Å². The highest BCUT2D eigenvalue weighted by atomic mass is 32.2. The highest BCUT2D eigenvalue weighted by Gasteiger charge is 2.32. The lowest BCUT2D eigenvalue weighted by Crippen LogP contribution is -2.46. The smallest absolute Gasteiger partial charge is 0.335 e. The SMILES string of the molecule is O=C(O)c1ccc(S(=O)(=O)NC2CC(O)C2)c(F)c1. The molecule has 0 bridgehead atoms. The number of sulfonamides is 1. The maximum atomic E-state index is 13.6. The molecule has 0 heterocycles. The molecule has 6 nitrogen and oxygen atoms in total. The first-order valence-electron chi connectivity index (χ1n) is 5.53. The van der Waals surface area contributed by atoms with E-state index in [0.29, 0.717) is 6.07 Å². The molecule has 1 aromatic rings. The zero-order chi connectivity index (χ0) is 14.2. The maximum absolute atomic E-state index is 13.6. The predicted molar refractivity (Wildman–Crippen MR) is 62.7 cm³/mol. The van der Waals surface area contributed by atoms with Gasteiger partial charge in [-0.1, -0.05) is 0 Å². The number of carboxylic acids is 1. The Labute approximate surface area is 108 Å². The number of hydrogen-bond donors (Lipinski definition) is 3. The van der Waals surface area contributed by atoms with Crippen molar-refractivity contribution in [3.8, 4) is 0 Å². The zero-order valence-electron chi connectivity index (χ0n) is 9.71. The van der Waals surface area contributed by atoms with Gasteiger partial charge in [0.05, 0.1) is 11.7 Å². The van der Waals surface area contributed by atoms with Gasteiger partial charge in [-0.15, -0.1) is 0 Å². The number of aliphatic hydroxyl groups excluding tert-OH is 1. The van der Waals surface area contributed by atoms with Gasteiger partial charge < -0.3 is 10.2 Å². The van der Waals surface area contributed by atoms with Gasteiger partial charge in [0.25, 0.3) is 0 Å². The van der Waals surface area contributed by atoms with Gasteiger partial charge in [-0.2, -0.15) is 0 Å². The Balaban J connectivity index is 2.23. The quantitative estimate of drug-likeness (QED) is 0.741. The number of carboxylic acid groups (broad SMARTS) is 1. The normalized spacial score (nSPS) is 22.8. The maximum Gasteiger partial charge on any atom is 0.335 e. The van der Waals surface area contributed by atoms with Crippen molar-refractivity contribution in [2.75, 3.05) is 0 Å². The first-order valence-corrected chi connectivity index (χ1v) is 7.01. The van der Waals surface area contributed by atoms with Gasteiger partial charge in [0.2, 0.25) is 10.0 Å². The Morgan fingerprint density at radius 2 is 2.00 bits per heavy atom. The summed E-state index contributed by atoms with van der Waals surface area (Å²) in [6.45, 7) is 0. The Morgan fingerprint density at radius 1 is 1.37 bits per heavy atom. The van der Waals surface area contributed by atoms with Crippen molar-refractivity contribution in [1.29, 1.82) is 0 Å². The molecular formula is C11H12FNO5S. The fourth-order valence-electron chi connectivity index (χ4n) is 1.82. The Kier molecular flexibility index (Phi) is 3.57. The molecule has 0 radical (unpaired) electrons. The minimum Gasteiger partial charge on any atom is -0.478 e. The van der Waals surface area contributed by atoms with E-state index < -0.39 is 38.9 Å². The van der Waals surface area contributed by atoms with E-state index in [4.69, 9.17) is 10.2 Å². The van der Waals surface area contributed by atoms with Crippen LogP contribution >= 0.6 is 0 Å². The molecule has 0 spiro atoms. The summed E-state index contributed by atoms with van der Waals surface area (Å²) in [5.74, 6) is -2.45. The van der Waals surface area contributed by atoms with Crippen LogP contribution in [0.5, 0.6) is 0 Å². The molecule has 3 N–H and O–H groups in total. The van der Waals surface area contributed by atoms with Crippen LogP contribution in [0.25, 0.3) is 0 Å². The van der Waals surface area contributed by atoms with E-state index in [0.717, 1.165) is 12.1 Å². The monoisotopic (exact) mass is 289 g/mol. The molecule has 0 unspecified atom stereocenters. The van der Waals surface area contributed by atoms with Crippen LogP contribution in [0, 0.1) is 5.82 Å². The summed E-state index contributed by atoms with van der Waals surface area (Å²) in [6, 6.07) is 2.18. The van der Waals surface area contributed by atoms with Crippen molar-refractivity contribution >= 4 is 16.0 Å². The fraction of sp³-hybridized carbons (Fsp3) is 0.364. The average molecular weight is 289 g/mol. The van der Waals surface area contributed by atoms with E-state index in [1.807, 2.05) is 0 Å². The lowest BCUT2D eigenvalue weighted by atomic mass is 9.91. The molecule has 1 aliphatic rings. The largest absolute Gasteiger partial charge is 0.478 e. The molecule has 1 fully saturated rings. The van der Waals surface area contributed by atoms with E-state index in [1.165, 1.54) is 0 Å². The molecule has 0 amide bonds. The highest BCUT2D eigenvalue weighted by molar-refractivity contribution is 7.89. The van der Waals surface area contributed by atoms with Crippen LogP contribution < -0.4 is 4.72 Å². The van der Waals surface area contributed by atoms with Gasteiger partial charge in [-0.05, 0) is 31.0 Å². The van der Waals surface area contributed by atoms with Gasteiger partial charge in [-0.25, -0.2) is 22.3 Å². The number of benzene rings is 1. The van der Waals surface area contributed by atoms with Crippen molar-refractivity contribution in [3.63, 3.8) is 0 Å². The standard InChI is InChI=1S/C11H12FNO5S/c12-9-3-6(11(15)16)1-2-10(9)19(17,18)13-7-4-8(14)5-7/h1-3,7-8,13-14H,4-5H2,(H,15,16). The minimum absolute atomic E-state index is 0.286. The summed E-state index contributed by atoms with van der Waals surface area (Å²) in [4.78, 5) is 10.0. The molecule has 1 aliphatic carbocycles. The van der Waals surface area contributed by atoms with Crippen molar-refractivity contribution in [1.82, 2.24) is 4.72 Å². The number of aromatic carboxylic acids is 1. The third-order valence-corrected chi connectivity index (χ3v) is 4.46. The number of rotatable bonds is 4. The van der Waals surface area contributed by atoms with E-state index in [-0.39, 0.29) is 18.4 Å². The van der Waals surface area contributed by atoms with Crippen molar-refractivity contribution in [2.45, 2.75) is 29.9 Å². The molecule has 8 heteroatoms. The van der Waals surface area contributed by atoms with Crippen molar-refractivity contribution < 1.29 is 27.8 Å². The number of aliphatic hydroxyl groups is 1. The van der Waals surface area contributed by atoms with Gasteiger partial charge in [0.15, 0.2) is 0 Å². The van der Waals surface area contributed by atoms with Crippen molar-refractivity contribution in [3.05, 3.63) is 29.6 Å². The molecular weight excluding hydrogens is 277 g/mol. The second kappa shape index (κ2) is 4.87. The Bertz CT molecular complexity index is 610. The Morgan fingerprint density at radius 3 is 2.47 bits per heavy atom. The van der Waals surface area contributed by atoms with Crippen molar-refractivity contribution in [2.24, 2.45) is 0 Å². The van der Waals surface area contributed by atoms with Crippen LogP contribution in [0.2, 0.25) is 0 Å². The summed E-state index contributed by atoms with van der Waals surface area (Å²) in [5.41, 5.74) is -0.324. The Hall–Kier alpha value is -1.51. The second-order valence-corrected chi connectivity index (χ2v) is 6.08. The van der Waals surface area contributed by atoms with Crippen LogP contribution in [0.1, 0.15) is 23.2 Å². The lowest BCUT2D eigenvalue weighted by molar-refractivity contribution is 0.0692. The molecule has 0 aliphatic heterocycles. The molecule has 2 rings (SSSR count). The summed E-state index contributed by atoms with van der Waals surface area (Å²) in [6.07, 6.45) is 0.0363. The topological polar surface area (TPSA) is 104 Å². The average Bonchev–Trinajstić information content (AvgIpc) is 2.26. The van der Waals surface area contributed by atoms with Gasteiger partial charge >= 0.3 is 5.97 Å². The first-order chi connectivity index (χ1) is 8.79. The summed E-state index contributed by atoms with van der Waals surface area (Å²) < 4.78 is 39.6. The molecule has 0 atom stereocenters. The van der Waals surface area contributed by atoms with Crippen LogP contribution in [0.4, 0.5) is 4.39 Å². The molecule has 0 aromatic heterocycles. The molecule has 104 valence electrons. The van der Waals surface area contributed by atoms with E-state index in [9.17, 15) is 17.6 Å². The number of hydrogen-bond acceptors (Lipinski definition) is 4. The van der Waals surface area contributed by atoms with Crippen LogP contribution in [0.15, 0.2) is 23.1 Å². The number of carbonyl (C=O) groups is 1. The fourth-order valence-corrected chi connectivity index (χ4v) is 3.14. The number of nitrogens with one attached hydrogen (secondary N) is 1. The minimum atomic E-state index is -4.05. The number of halogens is 1. The van der Waals surface area contributed by atoms with Gasteiger partial charge in [0.1, 0.15) is 10.7 Å². The second-order valence-electron chi connectivity index (χ2n) is 4.39.